The summed E-state index contributed by atoms with van der Waals surface area (Å²) in [7, 11) is 0. The lowest BCUT2D eigenvalue weighted by Gasteiger charge is -2.08. The summed E-state index contributed by atoms with van der Waals surface area (Å²) in [6.07, 6.45) is 0.616. The van der Waals surface area contributed by atoms with E-state index in [4.69, 9.17) is 11.6 Å². The molecule has 0 saturated heterocycles. The minimum atomic E-state index is -0.353. The molecule has 2 aromatic rings. The van der Waals surface area contributed by atoms with E-state index in [1.165, 1.54) is 6.07 Å². The monoisotopic (exact) mass is 277 g/mol. The van der Waals surface area contributed by atoms with Crippen LogP contribution in [-0.2, 0) is 6.42 Å². The van der Waals surface area contributed by atoms with Gasteiger partial charge in [0, 0.05) is 5.69 Å². The van der Waals surface area contributed by atoms with Crippen LogP contribution in [0.3, 0.4) is 0 Å². The molecular weight excluding hydrogens is 265 g/mol. The van der Waals surface area contributed by atoms with E-state index in [0.717, 1.165) is 0 Å². The third-order valence-electron chi connectivity index (χ3n) is 2.81. The molecule has 0 bridgehead atoms. The summed E-state index contributed by atoms with van der Waals surface area (Å²) in [5.74, 6) is -0.672. The van der Waals surface area contributed by atoms with Gasteiger partial charge >= 0.3 is 0 Å². The largest absolute Gasteiger partial charge is 0.322 e. The summed E-state index contributed by atoms with van der Waals surface area (Å²) >= 11 is 5.93. The molecule has 1 N–H and O–H groups in total. The summed E-state index contributed by atoms with van der Waals surface area (Å²) in [5.41, 5.74) is 1.40. The second kappa shape index (κ2) is 5.85. The van der Waals surface area contributed by atoms with Gasteiger partial charge in [-0.2, -0.15) is 0 Å². The SMILES string of the molecule is CCc1ccc(NC(=O)c2ccccc2Cl)cc1F. The lowest BCUT2D eigenvalue weighted by molar-refractivity contribution is 0.102. The van der Waals surface area contributed by atoms with Gasteiger partial charge in [0.05, 0.1) is 10.6 Å². The zero-order valence-corrected chi connectivity index (χ0v) is 11.2. The number of hydrogen-bond acceptors (Lipinski definition) is 1. The fraction of sp³-hybridized carbons (Fsp3) is 0.133. The van der Waals surface area contributed by atoms with E-state index >= 15 is 0 Å². The number of carbonyl (C=O) groups is 1. The van der Waals surface area contributed by atoms with Crippen molar-refractivity contribution >= 4 is 23.2 Å². The fourth-order valence-corrected chi connectivity index (χ4v) is 1.98. The Kier molecular flexibility index (Phi) is 4.17. The number of rotatable bonds is 3. The minimum Gasteiger partial charge on any atom is -0.322 e. The quantitative estimate of drug-likeness (QED) is 0.891. The first-order valence-corrected chi connectivity index (χ1v) is 6.34. The molecule has 0 unspecified atom stereocenters. The van der Waals surface area contributed by atoms with Crippen LogP contribution in [0.2, 0.25) is 5.02 Å². The minimum absolute atomic E-state index is 0.320. The Bertz CT molecular complexity index is 613. The van der Waals surface area contributed by atoms with Crippen LogP contribution < -0.4 is 5.32 Å². The summed E-state index contributed by atoms with van der Waals surface area (Å²) in [6, 6.07) is 11.4. The number of amides is 1. The maximum atomic E-state index is 13.6. The van der Waals surface area contributed by atoms with E-state index in [0.29, 0.717) is 28.3 Å². The lowest BCUT2D eigenvalue weighted by Crippen LogP contribution is -2.12. The molecule has 4 heteroatoms. The zero-order valence-electron chi connectivity index (χ0n) is 10.4. The van der Waals surface area contributed by atoms with Crippen molar-refractivity contribution in [1.29, 1.82) is 0 Å². The number of nitrogens with one attached hydrogen (secondary N) is 1. The molecule has 0 aromatic heterocycles. The van der Waals surface area contributed by atoms with Gasteiger partial charge in [-0.1, -0.05) is 36.7 Å². The van der Waals surface area contributed by atoms with E-state index in [1.807, 2.05) is 6.92 Å². The predicted octanol–water partition coefficient (Wildman–Crippen LogP) is 4.29. The highest BCUT2D eigenvalue weighted by atomic mass is 35.5. The normalized spacial score (nSPS) is 10.3. The maximum Gasteiger partial charge on any atom is 0.257 e. The van der Waals surface area contributed by atoms with Crippen molar-refractivity contribution in [3.05, 3.63) is 64.4 Å². The number of carbonyl (C=O) groups excluding carboxylic acids is 1. The van der Waals surface area contributed by atoms with Crippen LogP contribution in [0.25, 0.3) is 0 Å². The highest BCUT2D eigenvalue weighted by Gasteiger charge is 2.10. The molecule has 2 rings (SSSR count). The van der Waals surface area contributed by atoms with Gasteiger partial charge in [0.15, 0.2) is 0 Å². The van der Waals surface area contributed by atoms with Crippen molar-refractivity contribution in [2.24, 2.45) is 0 Å². The second-order valence-corrected chi connectivity index (χ2v) is 4.50. The highest BCUT2D eigenvalue weighted by molar-refractivity contribution is 6.34. The molecule has 19 heavy (non-hydrogen) atoms. The van der Waals surface area contributed by atoms with Gasteiger partial charge in [-0.15, -0.1) is 0 Å². The van der Waals surface area contributed by atoms with Crippen molar-refractivity contribution in [1.82, 2.24) is 0 Å². The first kappa shape index (κ1) is 13.6. The van der Waals surface area contributed by atoms with E-state index in [1.54, 1.807) is 36.4 Å². The molecule has 0 heterocycles. The second-order valence-electron chi connectivity index (χ2n) is 4.09. The number of halogens is 2. The third-order valence-corrected chi connectivity index (χ3v) is 3.14. The van der Waals surface area contributed by atoms with E-state index in [-0.39, 0.29) is 11.7 Å². The first-order valence-electron chi connectivity index (χ1n) is 5.96. The molecule has 0 atom stereocenters. The Balaban J connectivity index is 2.20. The molecule has 98 valence electrons. The predicted molar refractivity (Wildman–Crippen MR) is 75.2 cm³/mol. The fourth-order valence-electron chi connectivity index (χ4n) is 1.76. The van der Waals surface area contributed by atoms with Gasteiger partial charge in [-0.05, 0) is 36.2 Å². The average Bonchev–Trinajstić information content (AvgIpc) is 2.39. The molecule has 0 aliphatic carbocycles. The van der Waals surface area contributed by atoms with Crippen molar-refractivity contribution < 1.29 is 9.18 Å². The summed E-state index contributed by atoms with van der Waals surface area (Å²) in [4.78, 5) is 12.0. The Morgan fingerprint density at radius 1 is 1.26 bits per heavy atom. The molecule has 0 aliphatic rings. The summed E-state index contributed by atoms with van der Waals surface area (Å²) in [5, 5.41) is 2.99. The molecule has 0 aliphatic heterocycles. The smallest absolute Gasteiger partial charge is 0.257 e. The number of hydrogen-bond donors (Lipinski definition) is 1. The van der Waals surface area contributed by atoms with Gasteiger partial charge < -0.3 is 5.32 Å². The Hall–Kier alpha value is -1.87. The molecule has 0 saturated carbocycles. The topological polar surface area (TPSA) is 29.1 Å². The zero-order chi connectivity index (χ0) is 13.8. The highest BCUT2D eigenvalue weighted by Crippen LogP contribution is 2.19. The molecule has 1 amide bonds. The first-order chi connectivity index (χ1) is 9.11. The van der Waals surface area contributed by atoms with Gasteiger partial charge in [-0.3, -0.25) is 4.79 Å². The van der Waals surface area contributed by atoms with Crippen LogP contribution in [-0.4, -0.2) is 5.91 Å². The number of anilines is 1. The molecule has 2 aromatic carbocycles. The van der Waals surface area contributed by atoms with Gasteiger partial charge in [0.1, 0.15) is 5.82 Å². The van der Waals surface area contributed by atoms with Crippen LogP contribution in [0.5, 0.6) is 0 Å². The van der Waals surface area contributed by atoms with Crippen LogP contribution in [0.4, 0.5) is 10.1 Å². The van der Waals surface area contributed by atoms with E-state index in [2.05, 4.69) is 5.32 Å². The summed E-state index contributed by atoms with van der Waals surface area (Å²) < 4.78 is 13.6. The third kappa shape index (κ3) is 3.12. The van der Waals surface area contributed by atoms with Crippen molar-refractivity contribution in [2.45, 2.75) is 13.3 Å². The molecule has 2 nitrogen and oxygen atoms in total. The van der Waals surface area contributed by atoms with Crippen molar-refractivity contribution in [3.8, 4) is 0 Å². The number of aryl methyl sites for hydroxylation is 1. The Morgan fingerprint density at radius 2 is 2.00 bits per heavy atom. The van der Waals surface area contributed by atoms with Crippen LogP contribution in [0.15, 0.2) is 42.5 Å². The maximum absolute atomic E-state index is 13.6. The van der Waals surface area contributed by atoms with Crippen molar-refractivity contribution in [3.63, 3.8) is 0 Å². The Labute approximate surface area is 116 Å². The standard InChI is InChI=1S/C15H13ClFNO/c1-2-10-7-8-11(9-14(10)17)18-15(19)12-5-3-4-6-13(12)16/h3-9H,2H2,1H3,(H,18,19). The molecular formula is C15H13ClFNO. The summed E-state index contributed by atoms with van der Waals surface area (Å²) in [6.45, 7) is 1.88. The molecule has 0 fully saturated rings. The van der Waals surface area contributed by atoms with Crippen molar-refractivity contribution in [2.75, 3.05) is 5.32 Å². The van der Waals surface area contributed by atoms with Gasteiger partial charge in [0.2, 0.25) is 0 Å². The Morgan fingerprint density at radius 3 is 2.63 bits per heavy atom. The molecule has 0 spiro atoms. The van der Waals surface area contributed by atoms with Crippen LogP contribution in [0, 0.1) is 5.82 Å². The van der Waals surface area contributed by atoms with Crippen LogP contribution >= 0.6 is 11.6 Å². The lowest BCUT2D eigenvalue weighted by atomic mass is 10.1. The van der Waals surface area contributed by atoms with E-state index < -0.39 is 0 Å². The van der Waals surface area contributed by atoms with Gasteiger partial charge in [0.25, 0.3) is 5.91 Å². The van der Waals surface area contributed by atoms with Crippen LogP contribution in [0.1, 0.15) is 22.8 Å². The molecule has 0 radical (unpaired) electrons. The van der Waals surface area contributed by atoms with E-state index in [9.17, 15) is 9.18 Å². The number of benzene rings is 2. The average molecular weight is 278 g/mol. The van der Waals surface area contributed by atoms with Gasteiger partial charge in [-0.25, -0.2) is 4.39 Å².